The summed E-state index contributed by atoms with van der Waals surface area (Å²) in [7, 11) is -2.20. The number of piperidine rings is 1. The lowest BCUT2D eigenvalue weighted by Crippen LogP contribution is -2.42. The number of methoxy groups -OCH3 is 1. The summed E-state index contributed by atoms with van der Waals surface area (Å²) in [5.41, 5.74) is 5.25. The lowest BCUT2D eigenvalue weighted by atomic mass is 9.94. The van der Waals surface area contributed by atoms with Crippen molar-refractivity contribution in [1.29, 1.82) is 0 Å². The van der Waals surface area contributed by atoms with Gasteiger partial charge in [0.1, 0.15) is 10.6 Å². The summed E-state index contributed by atoms with van der Waals surface area (Å²) in [5.74, 6) is 1.43. The number of hydrogen-bond donors (Lipinski definition) is 0. The molecule has 5 rings (SSSR count). The minimum atomic E-state index is -3.71. The first kappa shape index (κ1) is 24.0. The number of benzene rings is 2. The zero-order valence-corrected chi connectivity index (χ0v) is 21.5. The Morgan fingerprint density at radius 3 is 2.49 bits per heavy atom. The molecule has 0 N–H and O–H groups in total. The molecular weight excluding hydrogens is 462 g/mol. The molecule has 8 heteroatoms. The van der Waals surface area contributed by atoms with Gasteiger partial charge in [-0.1, -0.05) is 29.4 Å². The van der Waals surface area contributed by atoms with Crippen LogP contribution in [0.5, 0.6) is 5.75 Å². The number of rotatable bonds is 6. The molecule has 186 valence electrons. The van der Waals surface area contributed by atoms with Crippen LogP contribution in [0.25, 0.3) is 11.3 Å². The van der Waals surface area contributed by atoms with Crippen LogP contribution in [0.3, 0.4) is 0 Å². The lowest BCUT2D eigenvalue weighted by molar-refractivity contribution is 0.171. The number of aromatic nitrogens is 1. The van der Waals surface area contributed by atoms with Gasteiger partial charge in [0.15, 0.2) is 5.76 Å². The topological polar surface area (TPSA) is 75.9 Å². The van der Waals surface area contributed by atoms with Crippen LogP contribution >= 0.6 is 0 Å². The minimum absolute atomic E-state index is 0.178. The Labute approximate surface area is 207 Å². The van der Waals surface area contributed by atoms with Crippen LogP contribution in [0.4, 0.5) is 0 Å². The molecular formula is C27H33N3O4S. The smallest absolute Gasteiger partial charge is 0.246 e. The zero-order chi connectivity index (χ0) is 24.6. The Kier molecular flexibility index (Phi) is 6.70. The van der Waals surface area contributed by atoms with E-state index < -0.39 is 10.0 Å². The van der Waals surface area contributed by atoms with Gasteiger partial charge in [0.05, 0.1) is 12.8 Å². The monoisotopic (exact) mass is 495 g/mol. The van der Waals surface area contributed by atoms with E-state index in [2.05, 4.69) is 34.3 Å². The highest BCUT2D eigenvalue weighted by Gasteiger charge is 2.33. The predicted octanol–water partition coefficient (Wildman–Crippen LogP) is 4.43. The number of ether oxygens (including phenoxy) is 1. The Morgan fingerprint density at radius 1 is 1.06 bits per heavy atom. The molecule has 7 nitrogen and oxygen atoms in total. The van der Waals surface area contributed by atoms with Crippen LogP contribution in [0.1, 0.15) is 35.2 Å². The molecule has 0 unspecified atom stereocenters. The van der Waals surface area contributed by atoms with Crippen molar-refractivity contribution in [3.8, 4) is 17.1 Å². The summed E-state index contributed by atoms with van der Waals surface area (Å²) in [5, 5.41) is 4.02. The highest BCUT2D eigenvalue weighted by molar-refractivity contribution is 7.89. The van der Waals surface area contributed by atoms with Crippen molar-refractivity contribution in [3.63, 3.8) is 0 Å². The molecule has 0 bridgehead atoms. The van der Waals surface area contributed by atoms with Crippen LogP contribution in [-0.2, 0) is 23.0 Å². The molecule has 3 aromatic rings. The maximum Gasteiger partial charge on any atom is 0.246 e. The second-order valence-corrected chi connectivity index (χ2v) is 11.6. The minimum Gasteiger partial charge on any atom is -0.495 e. The summed E-state index contributed by atoms with van der Waals surface area (Å²) >= 11 is 0. The SMILES string of the molecule is COc1ccc(-c2onc(C)c2C)cc1S(=O)(=O)N1CCC(CN2CCc3ccccc3C2)CC1. The van der Waals surface area contributed by atoms with Gasteiger partial charge in [-0.2, -0.15) is 4.31 Å². The quantitative estimate of drug-likeness (QED) is 0.504. The van der Waals surface area contributed by atoms with E-state index >= 15 is 0 Å². The van der Waals surface area contributed by atoms with E-state index in [1.807, 2.05) is 19.9 Å². The van der Waals surface area contributed by atoms with Gasteiger partial charge >= 0.3 is 0 Å². The lowest BCUT2D eigenvalue weighted by Gasteiger charge is -2.36. The molecule has 0 spiro atoms. The van der Waals surface area contributed by atoms with Crippen molar-refractivity contribution < 1.29 is 17.7 Å². The van der Waals surface area contributed by atoms with Crippen LogP contribution in [0, 0.1) is 19.8 Å². The van der Waals surface area contributed by atoms with Crippen LogP contribution in [0.2, 0.25) is 0 Å². The Morgan fingerprint density at radius 2 is 1.80 bits per heavy atom. The molecule has 0 radical (unpaired) electrons. The zero-order valence-electron chi connectivity index (χ0n) is 20.7. The van der Waals surface area contributed by atoms with E-state index in [0.717, 1.165) is 50.2 Å². The second kappa shape index (κ2) is 9.76. The first-order valence-electron chi connectivity index (χ1n) is 12.3. The molecule has 35 heavy (non-hydrogen) atoms. The van der Waals surface area contributed by atoms with Gasteiger partial charge in [-0.05, 0) is 68.4 Å². The molecule has 3 heterocycles. The fraction of sp³-hybridized carbons (Fsp3) is 0.444. The van der Waals surface area contributed by atoms with Gasteiger partial charge in [0, 0.05) is 43.9 Å². The summed E-state index contributed by atoms with van der Waals surface area (Å²) < 4.78 is 39.8. The Balaban J connectivity index is 1.28. The van der Waals surface area contributed by atoms with E-state index in [9.17, 15) is 8.42 Å². The molecule has 1 fully saturated rings. The van der Waals surface area contributed by atoms with Gasteiger partial charge in [0.25, 0.3) is 0 Å². The van der Waals surface area contributed by atoms with Crippen molar-refractivity contribution in [2.24, 2.45) is 5.92 Å². The van der Waals surface area contributed by atoms with Crippen LogP contribution in [0.15, 0.2) is 51.9 Å². The molecule has 0 aliphatic carbocycles. The largest absolute Gasteiger partial charge is 0.495 e. The van der Waals surface area contributed by atoms with Crippen molar-refractivity contribution in [2.75, 3.05) is 33.3 Å². The number of nitrogens with zero attached hydrogens (tertiary/aromatic N) is 3. The third kappa shape index (κ3) is 4.75. The molecule has 0 saturated carbocycles. The van der Waals surface area contributed by atoms with Crippen molar-refractivity contribution >= 4 is 10.0 Å². The van der Waals surface area contributed by atoms with E-state index in [-0.39, 0.29) is 4.90 Å². The third-order valence-electron chi connectivity index (χ3n) is 7.50. The summed E-state index contributed by atoms with van der Waals surface area (Å²) in [6.07, 6.45) is 2.81. The normalized spacial score (nSPS) is 17.9. The van der Waals surface area contributed by atoms with Crippen LogP contribution in [-0.4, -0.2) is 56.1 Å². The second-order valence-electron chi connectivity index (χ2n) is 9.69. The first-order chi connectivity index (χ1) is 16.9. The molecule has 0 atom stereocenters. The van der Waals surface area contributed by atoms with Gasteiger partial charge in [-0.15, -0.1) is 0 Å². The van der Waals surface area contributed by atoms with Crippen molar-refractivity contribution in [2.45, 2.75) is 44.6 Å². The number of aryl methyl sites for hydroxylation is 1. The highest BCUT2D eigenvalue weighted by Crippen LogP contribution is 2.35. The maximum atomic E-state index is 13.7. The van der Waals surface area contributed by atoms with Gasteiger partial charge in [-0.25, -0.2) is 8.42 Å². The van der Waals surface area contributed by atoms with E-state index in [1.54, 1.807) is 16.4 Å². The molecule has 1 aromatic heterocycles. The average molecular weight is 496 g/mol. The molecule has 2 aliphatic heterocycles. The Bertz CT molecular complexity index is 1310. The fourth-order valence-corrected chi connectivity index (χ4v) is 6.90. The predicted molar refractivity (Wildman–Crippen MR) is 135 cm³/mol. The maximum absolute atomic E-state index is 13.7. The standard InChI is InChI=1S/C27H33N3O4S/c1-19-20(2)28-34-27(19)23-8-9-25(33-3)26(16-23)35(31,32)30-14-10-21(11-15-30)17-29-13-12-22-6-4-5-7-24(22)18-29/h4-9,16,21H,10-15,17-18H2,1-3H3. The van der Waals surface area contributed by atoms with Gasteiger partial charge in [0.2, 0.25) is 10.0 Å². The summed E-state index contributed by atoms with van der Waals surface area (Å²) in [6.45, 7) is 7.91. The fourth-order valence-electron chi connectivity index (χ4n) is 5.25. The van der Waals surface area contributed by atoms with E-state index in [0.29, 0.717) is 36.1 Å². The summed E-state index contributed by atoms with van der Waals surface area (Å²) in [6, 6.07) is 13.8. The molecule has 1 saturated heterocycles. The molecule has 2 aliphatic rings. The van der Waals surface area contributed by atoms with Gasteiger partial charge in [-0.3, -0.25) is 4.90 Å². The van der Waals surface area contributed by atoms with E-state index in [4.69, 9.17) is 9.26 Å². The average Bonchev–Trinajstić information content (AvgIpc) is 3.21. The number of fused-ring (bicyclic) bond motifs is 1. The van der Waals surface area contributed by atoms with Gasteiger partial charge < -0.3 is 9.26 Å². The molecule has 0 amide bonds. The molecule has 2 aromatic carbocycles. The highest BCUT2D eigenvalue weighted by atomic mass is 32.2. The first-order valence-corrected chi connectivity index (χ1v) is 13.7. The van der Waals surface area contributed by atoms with Crippen molar-refractivity contribution in [3.05, 3.63) is 64.8 Å². The van der Waals surface area contributed by atoms with E-state index in [1.165, 1.54) is 18.2 Å². The van der Waals surface area contributed by atoms with Crippen molar-refractivity contribution in [1.82, 2.24) is 14.4 Å². The number of sulfonamides is 1. The van der Waals surface area contributed by atoms with Crippen LogP contribution < -0.4 is 4.74 Å². The Hall–Kier alpha value is -2.68. The summed E-state index contributed by atoms with van der Waals surface area (Å²) in [4.78, 5) is 2.70. The third-order valence-corrected chi connectivity index (χ3v) is 9.42. The number of hydrogen-bond acceptors (Lipinski definition) is 6.